The number of allylic oxidation sites excluding steroid dienone is 2. The van der Waals surface area contributed by atoms with Gasteiger partial charge in [0.25, 0.3) is 0 Å². The van der Waals surface area contributed by atoms with E-state index in [1.54, 1.807) is 7.11 Å². The summed E-state index contributed by atoms with van der Waals surface area (Å²) in [5.41, 5.74) is -0.609. The van der Waals surface area contributed by atoms with E-state index in [4.69, 9.17) is 18.9 Å². The van der Waals surface area contributed by atoms with Gasteiger partial charge in [-0.1, -0.05) is 58.9 Å². The molecule has 8 nitrogen and oxygen atoms in total. The van der Waals surface area contributed by atoms with Gasteiger partial charge in [-0.15, -0.1) is 0 Å². The normalized spacial score (nSPS) is 51.2. The highest BCUT2D eigenvalue weighted by atomic mass is 16.7. The molecule has 6 aliphatic rings. The molecule has 0 aromatic rings. The average molecular weight is 633 g/mol. The Hall–Kier alpha value is -0.840. The lowest BCUT2D eigenvalue weighted by Gasteiger charge is -2.65. The van der Waals surface area contributed by atoms with Gasteiger partial charge in [-0.05, 0) is 87.4 Å². The molecular formula is C37H60O8. The van der Waals surface area contributed by atoms with Gasteiger partial charge in [-0.25, -0.2) is 0 Å². The number of hydrogen-bond donors (Lipinski definition) is 4. The number of hydrogen-bond acceptors (Lipinski definition) is 8. The fraction of sp³-hybridized carbons (Fsp3) is 0.892. The van der Waals surface area contributed by atoms with Crippen LogP contribution in [0.5, 0.6) is 0 Å². The number of methoxy groups -OCH3 is 1. The van der Waals surface area contributed by atoms with Gasteiger partial charge in [0, 0.05) is 23.9 Å². The van der Waals surface area contributed by atoms with E-state index in [1.165, 1.54) is 25.7 Å². The van der Waals surface area contributed by atoms with Crippen molar-refractivity contribution in [3.05, 3.63) is 24.3 Å². The first-order valence-corrected chi connectivity index (χ1v) is 17.6. The molecule has 5 fully saturated rings. The molecule has 0 aromatic heterocycles. The van der Waals surface area contributed by atoms with Crippen LogP contribution in [0.25, 0.3) is 0 Å². The molecule has 256 valence electrons. The summed E-state index contributed by atoms with van der Waals surface area (Å²) in [6.45, 7) is 16.6. The lowest BCUT2D eigenvalue weighted by Crippen LogP contribution is -2.66. The Balaban J connectivity index is 1.24. The molecule has 10 unspecified atom stereocenters. The molecule has 4 N–H and O–H groups in total. The van der Waals surface area contributed by atoms with Crippen LogP contribution in [0, 0.1) is 45.3 Å². The Morgan fingerprint density at radius 2 is 1.71 bits per heavy atom. The standard InChI is InChI=1S/C37H60O8/c1-22(10-9-15-32(2,3)42-8)23-13-16-35(7)25-14-17-37-26(36(25,21-43-37)19-18-34(23,35)6)11-12-27(33(37,4)5)45-31-30(41)29(40)28(39)24(20-38)44-31/h9,14-15,17,22-31,38-41H,10-13,16,18-21H2,1-8H3/t22?,23?,24?,25?,26?,27?,28?,29?,30?,31?,34-,35+,36+,37-/m1/s1. The van der Waals surface area contributed by atoms with Crippen LogP contribution in [0.1, 0.15) is 93.4 Å². The SMILES string of the molecule is COC(C)(C)C=CCC(C)C1CC[C@@]2(C)C3C=C[C@@]45OC[C@]3(CC[C@]12C)C4CCC(OC1OC(CO)C(O)C(O)C1O)C5(C)C. The van der Waals surface area contributed by atoms with Gasteiger partial charge in [-0.2, -0.15) is 0 Å². The Labute approximate surface area is 270 Å². The monoisotopic (exact) mass is 632 g/mol. The fourth-order valence-electron chi connectivity index (χ4n) is 11.6. The maximum absolute atomic E-state index is 10.7. The largest absolute Gasteiger partial charge is 0.394 e. The third-order valence-electron chi connectivity index (χ3n) is 14.8. The molecule has 2 aliphatic heterocycles. The van der Waals surface area contributed by atoms with Gasteiger partial charge in [0.2, 0.25) is 0 Å². The summed E-state index contributed by atoms with van der Waals surface area (Å²) in [6.07, 6.45) is 10.5. The van der Waals surface area contributed by atoms with E-state index in [1.807, 2.05) is 0 Å². The minimum Gasteiger partial charge on any atom is -0.394 e. The summed E-state index contributed by atoms with van der Waals surface area (Å²) in [4.78, 5) is 0. The zero-order valence-electron chi connectivity index (χ0n) is 28.9. The van der Waals surface area contributed by atoms with Crippen molar-refractivity contribution in [3.8, 4) is 0 Å². The van der Waals surface area contributed by atoms with Gasteiger partial charge in [-0.3, -0.25) is 0 Å². The van der Waals surface area contributed by atoms with Crippen LogP contribution in [0.3, 0.4) is 0 Å². The first-order valence-electron chi connectivity index (χ1n) is 17.6. The van der Waals surface area contributed by atoms with Crippen LogP contribution in [0.4, 0.5) is 0 Å². The molecule has 2 heterocycles. The van der Waals surface area contributed by atoms with Gasteiger partial charge in [0.05, 0.1) is 30.5 Å². The van der Waals surface area contributed by atoms with Crippen molar-refractivity contribution >= 4 is 0 Å². The van der Waals surface area contributed by atoms with Crippen LogP contribution in [0.15, 0.2) is 24.3 Å². The van der Waals surface area contributed by atoms with Crippen molar-refractivity contribution in [3.63, 3.8) is 0 Å². The van der Waals surface area contributed by atoms with E-state index in [-0.39, 0.29) is 27.9 Å². The van der Waals surface area contributed by atoms with Crippen LogP contribution >= 0.6 is 0 Å². The Morgan fingerprint density at radius 1 is 0.978 bits per heavy atom. The molecule has 2 saturated heterocycles. The minimum atomic E-state index is -1.46. The molecule has 2 bridgehead atoms. The number of rotatable bonds is 8. The predicted molar refractivity (Wildman–Crippen MR) is 171 cm³/mol. The predicted octanol–water partition coefficient (Wildman–Crippen LogP) is 4.77. The smallest absolute Gasteiger partial charge is 0.186 e. The van der Waals surface area contributed by atoms with Crippen LogP contribution in [0.2, 0.25) is 0 Å². The molecular weight excluding hydrogens is 572 g/mol. The summed E-state index contributed by atoms with van der Waals surface area (Å²) in [7, 11) is 1.77. The highest BCUT2D eigenvalue weighted by molar-refractivity contribution is 5.33. The van der Waals surface area contributed by atoms with E-state index in [9.17, 15) is 20.4 Å². The van der Waals surface area contributed by atoms with E-state index < -0.39 is 48.3 Å². The molecule has 6 rings (SSSR count). The second kappa shape index (κ2) is 11.4. The first-order chi connectivity index (χ1) is 21.0. The number of aliphatic hydroxyl groups is 4. The third kappa shape index (κ3) is 4.74. The van der Waals surface area contributed by atoms with Gasteiger partial charge < -0.3 is 39.4 Å². The van der Waals surface area contributed by atoms with E-state index in [0.717, 1.165) is 25.9 Å². The molecule has 0 radical (unpaired) electrons. The lowest BCUT2D eigenvalue weighted by atomic mass is 9.38. The second-order valence-electron chi connectivity index (χ2n) is 17.2. The maximum Gasteiger partial charge on any atom is 0.186 e. The Morgan fingerprint density at radius 3 is 2.40 bits per heavy atom. The van der Waals surface area contributed by atoms with Crippen molar-refractivity contribution in [2.45, 2.75) is 141 Å². The quantitative estimate of drug-likeness (QED) is 0.283. The fourth-order valence-corrected chi connectivity index (χ4v) is 11.6. The van der Waals surface area contributed by atoms with Crippen LogP contribution < -0.4 is 0 Å². The first kappa shape index (κ1) is 34.0. The maximum atomic E-state index is 10.7. The van der Waals surface area contributed by atoms with Crippen molar-refractivity contribution in [2.24, 2.45) is 45.3 Å². The molecule has 45 heavy (non-hydrogen) atoms. The van der Waals surface area contributed by atoms with Crippen LogP contribution in [-0.2, 0) is 18.9 Å². The number of fused-ring (bicyclic) bond motifs is 2. The summed E-state index contributed by atoms with van der Waals surface area (Å²) in [5, 5.41) is 41.1. The Kier molecular flexibility index (Phi) is 8.60. The van der Waals surface area contributed by atoms with Gasteiger partial charge >= 0.3 is 0 Å². The molecule has 4 aliphatic carbocycles. The highest BCUT2D eigenvalue weighted by Gasteiger charge is 2.75. The van der Waals surface area contributed by atoms with Crippen molar-refractivity contribution in [2.75, 3.05) is 20.3 Å². The number of ether oxygens (including phenoxy) is 4. The van der Waals surface area contributed by atoms with E-state index in [0.29, 0.717) is 23.7 Å². The van der Waals surface area contributed by atoms with Crippen molar-refractivity contribution in [1.29, 1.82) is 0 Å². The summed E-state index contributed by atoms with van der Waals surface area (Å²) in [6, 6.07) is 0. The summed E-state index contributed by atoms with van der Waals surface area (Å²) in [5.74, 6) is 2.12. The van der Waals surface area contributed by atoms with Crippen molar-refractivity contribution in [1.82, 2.24) is 0 Å². The molecule has 0 amide bonds. The Bertz CT molecular complexity index is 1170. The molecule has 0 aromatic carbocycles. The van der Waals surface area contributed by atoms with Gasteiger partial charge in [0.1, 0.15) is 24.4 Å². The third-order valence-corrected chi connectivity index (χ3v) is 14.8. The average Bonchev–Trinajstić information content (AvgIpc) is 3.39. The van der Waals surface area contributed by atoms with E-state index >= 15 is 0 Å². The zero-order valence-corrected chi connectivity index (χ0v) is 28.9. The topological polar surface area (TPSA) is 118 Å². The zero-order chi connectivity index (χ0) is 32.8. The van der Waals surface area contributed by atoms with E-state index in [2.05, 4.69) is 72.8 Å². The minimum absolute atomic E-state index is 0.0922. The van der Waals surface area contributed by atoms with Crippen LogP contribution in [-0.4, -0.2) is 88.8 Å². The molecule has 3 saturated carbocycles. The summed E-state index contributed by atoms with van der Waals surface area (Å²) >= 11 is 0. The molecule has 14 atom stereocenters. The second-order valence-corrected chi connectivity index (χ2v) is 17.2. The van der Waals surface area contributed by atoms with Crippen molar-refractivity contribution < 1.29 is 39.4 Å². The lowest BCUT2D eigenvalue weighted by molar-refractivity contribution is -0.329. The molecule has 1 spiro atoms. The summed E-state index contributed by atoms with van der Waals surface area (Å²) < 4.78 is 24.9. The van der Waals surface area contributed by atoms with Gasteiger partial charge in [0.15, 0.2) is 6.29 Å². The molecule has 8 heteroatoms. The highest BCUT2D eigenvalue weighted by Crippen LogP contribution is 2.77. The number of aliphatic hydroxyl groups excluding tert-OH is 4.